The molecule has 4 aliphatic rings. The highest BCUT2D eigenvalue weighted by Gasteiger charge is 2.48. The monoisotopic (exact) mass is 490 g/mol. The van der Waals surface area contributed by atoms with Gasteiger partial charge in [0.1, 0.15) is 0 Å². The van der Waals surface area contributed by atoms with E-state index < -0.39 is 5.60 Å². The van der Waals surface area contributed by atoms with Crippen molar-refractivity contribution in [2.75, 3.05) is 19.6 Å². The smallest absolute Gasteiger partial charge is 0.271 e. The lowest BCUT2D eigenvalue weighted by Gasteiger charge is -2.51. The second-order valence-corrected chi connectivity index (χ2v) is 12.2. The quantitative estimate of drug-likeness (QED) is 0.425. The summed E-state index contributed by atoms with van der Waals surface area (Å²) < 4.78 is 7.39. The number of aliphatic hydroxyl groups is 1. The molecule has 7 rings (SSSR count). The minimum atomic E-state index is -1.21. The Morgan fingerprint density at radius 3 is 2.29 bits per heavy atom. The third-order valence-electron chi connectivity index (χ3n) is 8.75. The molecule has 2 aromatic carbocycles. The first kappa shape index (κ1) is 23.3. The Morgan fingerprint density at radius 2 is 1.57 bits per heavy atom. The molecule has 184 valence electrons. The number of fused-ring (bicyclic) bond motifs is 3. The fourth-order valence-electron chi connectivity index (χ4n) is 6.76. The van der Waals surface area contributed by atoms with E-state index in [1.807, 2.05) is 42.1 Å². The van der Waals surface area contributed by atoms with Crippen LogP contribution in [0.25, 0.3) is 0 Å². The molecule has 1 aliphatic carbocycles. The minimum absolute atomic E-state index is 0.108. The zero-order chi connectivity index (χ0) is 23.7. The molecule has 5 nitrogen and oxygen atoms in total. The summed E-state index contributed by atoms with van der Waals surface area (Å²) >= 11 is 2.04. The van der Waals surface area contributed by atoms with Gasteiger partial charge in [0, 0.05) is 23.7 Å². The first-order valence-corrected chi connectivity index (χ1v) is 14.2. The summed E-state index contributed by atoms with van der Waals surface area (Å²) in [6, 6.07) is 20.8. The number of hydrogen-bond acceptors (Lipinski definition) is 5. The van der Waals surface area contributed by atoms with E-state index in [9.17, 15) is 5.11 Å². The first-order chi connectivity index (χ1) is 17.1. The van der Waals surface area contributed by atoms with Crippen molar-refractivity contribution in [2.45, 2.75) is 67.2 Å². The molecular weight excluding hydrogens is 454 g/mol. The minimum Gasteiger partial charge on any atom is -0.416 e. The Labute approximate surface area is 212 Å². The number of rotatable bonds is 7. The molecule has 3 saturated heterocycles. The Morgan fingerprint density at radius 1 is 0.886 bits per heavy atom. The van der Waals surface area contributed by atoms with Crippen LogP contribution in [0.1, 0.15) is 62.3 Å². The standard InChI is InChI=1S/C29H36N3O2S/c33-29(23-10-4-1-5-11-23,24-12-6-2-7-13-24)28-31-30-27(34-28)21-32-18-16-22(17-19-32)26(20-32)35-25-14-8-3-9-15-25/h1,3-5,8-11,14-15,22,24,26,33H,2,6-7,12-13,16-21H2/q+1/t22?,26-,29-,32?/m0/s1. The molecule has 4 fully saturated rings. The highest BCUT2D eigenvalue weighted by atomic mass is 32.2. The van der Waals surface area contributed by atoms with Crippen molar-refractivity contribution >= 4 is 11.8 Å². The fraction of sp³-hybridized carbons (Fsp3) is 0.517. The summed E-state index contributed by atoms with van der Waals surface area (Å²) in [5.41, 5.74) is -0.347. The normalized spacial score (nSPS) is 28.6. The third-order valence-corrected chi connectivity index (χ3v) is 10.1. The van der Waals surface area contributed by atoms with Gasteiger partial charge in [-0.1, -0.05) is 67.8 Å². The van der Waals surface area contributed by atoms with E-state index in [0.717, 1.165) is 54.7 Å². The van der Waals surface area contributed by atoms with Crippen molar-refractivity contribution in [3.05, 3.63) is 78.0 Å². The molecule has 2 bridgehead atoms. The lowest BCUT2D eigenvalue weighted by Crippen LogP contribution is -2.62. The number of hydrogen-bond donors (Lipinski definition) is 1. The van der Waals surface area contributed by atoms with E-state index in [1.54, 1.807) is 0 Å². The molecule has 4 heterocycles. The van der Waals surface area contributed by atoms with Crippen LogP contribution in [0.3, 0.4) is 0 Å². The molecule has 0 amide bonds. The largest absolute Gasteiger partial charge is 0.416 e. The van der Waals surface area contributed by atoms with Gasteiger partial charge in [0.2, 0.25) is 0 Å². The molecule has 1 N–H and O–H groups in total. The first-order valence-electron chi connectivity index (χ1n) is 13.3. The lowest BCUT2D eigenvalue weighted by atomic mass is 9.73. The van der Waals surface area contributed by atoms with Gasteiger partial charge >= 0.3 is 0 Å². The second kappa shape index (κ2) is 9.72. The topological polar surface area (TPSA) is 59.2 Å². The van der Waals surface area contributed by atoms with Crippen LogP contribution in [0.5, 0.6) is 0 Å². The molecule has 0 unspecified atom stereocenters. The lowest BCUT2D eigenvalue weighted by molar-refractivity contribution is -0.955. The van der Waals surface area contributed by atoms with Crippen LogP contribution in [-0.2, 0) is 12.1 Å². The molecule has 0 spiro atoms. The number of thioether (sulfide) groups is 1. The van der Waals surface area contributed by atoms with Gasteiger partial charge in [0.15, 0.2) is 12.1 Å². The van der Waals surface area contributed by atoms with E-state index in [2.05, 4.69) is 40.5 Å². The van der Waals surface area contributed by atoms with E-state index >= 15 is 0 Å². The van der Waals surface area contributed by atoms with Gasteiger partial charge in [0.05, 0.1) is 24.9 Å². The van der Waals surface area contributed by atoms with Crippen molar-refractivity contribution < 1.29 is 14.0 Å². The number of benzene rings is 2. The van der Waals surface area contributed by atoms with Gasteiger partial charge in [-0.3, -0.25) is 0 Å². The molecule has 1 saturated carbocycles. The maximum atomic E-state index is 12.1. The summed E-state index contributed by atoms with van der Waals surface area (Å²) in [6.45, 7) is 4.27. The third kappa shape index (κ3) is 4.56. The van der Waals surface area contributed by atoms with E-state index in [1.165, 1.54) is 37.2 Å². The zero-order valence-corrected chi connectivity index (χ0v) is 21.2. The highest BCUT2D eigenvalue weighted by Crippen LogP contribution is 2.45. The van der Waals surface area contributed by atoms with Crippen LogP contribution in [-0.4, -0.2) is 44.7 Å². The van der Waals surface area contributed by atoms with Gasteiger partial charge in [-0.25, -0.2) is 0 Å². The van der Waals surface area contributed by atoms with E-state index in [0.29, 0.717) is 17.0 Å². The van der Waals surface area contributed by atoms with Crippen molar-refractivity contribution in [3.63, 3.8) is 0 Å². The van der Waals surface area contributed by atoms with Gasteiger partial charge in [-0.2, -0.15) is 0 Å². The molecule has 35 heavy (non-hydrogen) atoms. The highest BCUT2D eigenvalue weighted by molar-refractivity contribution is 8.00. The zero-order valence-electron chi connectivity index (χ0n) is 20.4. The van der Waals surface area contributed by atoms with Crippen molar-refractivity contribution in [1.82, 2.24) is 10.2 Å². The number of quaternary nitrogens is 1. The molecule has 3 aromatic rings. The van der Waals surface area contributed by atoms with Crippen LogP contribution in [0, 0.1) is 11.8 Å². The van der Waals surface area contributed by atoms with E-state index in [4.69, 9.17) is 4.42 Å². The summed E-state index contributed by atoms with van der Waals surface area (Å²) in [5, 5.41) is 21.8. The van der Waals surface area contributed by atoms with Crippen LogP contribution in [0.15, 0.2) is 70.0 Å². The van der Waals surface area contributed by atoms with Crippen LogP contribution in [0.4, 0.5) is 0 Å². The van der Waals surface area contributed by atoms with E-state index in [-0.39, 0.29) is 5.92 Å². The van der Waals surface area contributed by atoms with Crippen LogP contribution in [0.2, 0.25) is 0 Å². The average molecular weight is 491 g/mol. The maximum absolute atomic E-state index is 12.1. The van der Waals surface area contributed by atoms with Gasteiger partial charge in [-0.15, -0.1) is 22.0 Å². The van der Waals surface area contributed by atoms with Crippen LogP contribution < -0.4 is 0 Å². The van der Waals surface area contributed by atoms with Gasteiger partial charge < -0.3 is 14.0 Å². The molecule has 6 heteroatoms. The van der Waals surface area contributed by atoms with Gasteiger partial charge in [-0.05, 0) is 36.5 Å². The summed E-state index contributed by atoms with van der Waals surface area (Å²) in [7, 11) is 0. The van der Waals surface area contributed by atoms with Crippen molar-refractivity contribution in [1.29, 1.82) is 0 Å². The van der Waals surface area contributed by atoms with Gasteiger partial charge in [0.25, 0.3) is 11.8 Å². The van der Waals surface area contributed by atoms with Crippen molar-refractivity contribution in [2.24, 2.45) is 11.8 Å². The average Bonchev–Trinajstić information content (AvgIpc) is 3.39. The fourth-order valence-corrected chi connectivity index (χ4v) is 8.27. The Bertz CT molecular complexity index is 1110. The predicted octanol–water partition coefficient (Wildman–Crippen LogP) is 5.79. The Balaban J connectivity index is 1.24. The summed E-state index contributed by atoms with van der Waals surface area (Å²) in [4.78, 5) is 1.37. The molecule has 0 radical (unpaired) electrons. The second-order valence-electron chi connectivity index (χ2n) is 10.9. The van der Waals surface area contributed by atoms with Crippen LogP contribution >= 0.6 is 11.8 Å². The summed E-state index contributed by atoms with van der Waals surface area (Å²) in [6.07, 6.45) is 8.03. The Kier molecular flexibility index (Phi) is 6.46. The number of nitrogens with zero attached hydrogens (tertiary/aromatic N) is 3. The number of piperidine rings is 3. The molecule has 2 atom stereocenters. The predicted molar refractivity (Wildman–Crippen MR) is 138 cm³/mol. The SMILES string of the molecule is O[C@](c1ccccc1)(c1nnc(C[N+]23CCC(CC2)[C@@H](Sc2ccccc2)C3)o1)C1CCCCC1. The molecular formula is C29H36N3O2S+. The maximum Gasteiger partial charge on any atom is 0.271 e. The molecule has 1 aromatic heterocycles. The molecule has 3 aliphatic heterocycles. The Hall–Kier alpha value is -2.15. The number of aromatic nitrogens is 2. The van der Waals surface area contributed by atoms with Crippen molar-refractivity contribution in [3.8, 4) is 0 Å². The summed E-state index contributed by atoms with van der Waals surface area (Å²) in [5.74, 6) is 1.96.